The van der Waals surface area contributed by atoms with E-state index in [0.717, 1.165) is 18.7 Å². The van der Waals surface area contributed by atoms with Gasteiger partial charge in [-0.3, -0.25) is 0 Å². The summed E-state index contributed by atoms with van der Waals surface area (Å²) in [5.41, 5.74) is 0.802. The fourth-order valence-corrected chi connectivity index (χ4v) is 2.35. The third kappa shape index (κ3) is 3.79. The smallest absolute Gasteiger partial charge is 0.123 e. The molecule has 1 N–H and O–H groups in total. The van der Waals surface area contributed by atoms with Crippen LogP contribution in [0.5, 0.6) is 0 Å². The van der Waals surface area contributed by atoms with E-state index in [1.165, 1.54) is 37.8 Å². The molecule has 2 nitrogen and oxygen atoms in total. The van der Waals surface area contributed by atoms with Crippen molar-refractivity contribution in [3.05, 3.63) is 35.6 Å². The van der Waals surface area contributed by atoms with Crippen LogP contribution in [0.4, 0.5) is 4.39 Å². The minimum Gasteiger partial charge on any atom is -0.387 e. The quantitative estimate of drug-likeness (QED) is 0.873. The van der Waals surface area contributed by atoms with E-state index < -0.39 is 6.10 Å². The lowest BCUT2D eigenvalue weighted by molar-refractivity contribution is 0.115. The predicted molar refractivity (Wildman–Crippen MR) is 66.3 cm³/mol. The Bertz CT molecular complexity index is 331. The summed E-state index contributed by atoms with van der Waals surface area (Å²) >= 11 is 0. The van der Waals surface area contributed by atoms with Gasteiger partial charge in [-0.05, 0) is 43.6 Å². The van der Waals surface area contributed by atoms with Gasteiger partial charge >= 0.3 is 0 Å². The number of benzene rings is 1. The van der Waals surface area contributed by atoms with Crippen LogP contribution in [0, 0.1) is 5.82 Å². The van der Waals surface area contributed by atoms with E-state index in [9.17, 15) is 9.50 Å². The van der Waals surface area contributed by atoms with E-state index in [0.29, 0.717) is 6.54 Å². The Morgan fingerprint density at radius 1 is 1.06 bits per heavy atom. The maximum atomic E-state index is 12.8. The molecule has 0 saturated carbocycles. The molecule has 0 spiro atoms. The third-order valence-corrected chi connectivity index (χ3v) is 3.38. The van der Waals surface area contributed by atoms with Crippen molar-refractivity contribution in [1.29, 1.82) is 0 Å². The lowest BCUT2D eigenvalue weighted by Crippen LogP contribution is -2.29. The molecular weight excluding hydrogens is 217 g/mol. The first kappa shape index (κ1) is 12.5. The monoisotopic (exact) mass is 237 g/mol. The Morgan fingerprint density at radius 2 is 1.65 bits per heavy atom. The highest BCUT2D eigenvalue weighted by molar-refractivity contribution is 5.18. The maximum Gasteiger partial charge on any atom is 0.123 e. The summed E-state index contributed by atoms with van der Waals surface area (Å²) in [6, 6.07) is 6.14. The van der Waals surface area contributed by atoms with E-state index in [-0.39, 0.29) is 5.82 Å². The fraction of sp³-hybridized carbons (Fsp3) is 0.571. The standard InChI is InChI=1S/C14H20FNO/c15-13-7-5-12(6-8-13)14(17)11-16-9-3-1-2-4-10-16/h5-8,14,17H,1-4,9-11H2. The highest BCUT2D eigenvalue weighted by Gasteiger charge is 2.14. The van der Waals surface area contributed by atoms with Crippen molar-refractivity contribution in [2.75, 3.05) is 19.6 Å². The van der Waals surface area contributed by atoms with Crippen LogP contribution in [0.3, 0.4) is 0 Å². The van der Waals surface area contributed by atoms with Crippen molar-refractivity contribution in [2.45, 2.75) is 31.8 Å². The van der Waals surface area contributed by atoms with Crippen LogP contribution in [-0.2, 0) is 0 Å². The van der Waals surface area contributed by atoms with Crippen molar-refractivity contribution >= 4 is 0 Å². The Morgan fingerprint density at radius 3 is 2.24 bits per heavy atom. The molecule has 0 amide bonds. The summed E-state index contributed by atoms with van der Waals surface area (Å²) in [6.45, 7) is 2.79. The SMILES string of the molecule is OC(CN1CCCCCC1)c1ccc(F)cc1. The second-order valence-corrected chi connectivity index (χ2v) is 4.78. The summed E-state index contributed by atoms with van der Waals surface area (Å²) in [6.07, 6.45) is 4.52. The van der Waals surface area contributed by atoms with Crippen LogP contribution in [0.25, 0.3) is 0 Å². The molecule has 1 fully saturated rings. The first-order chi connectivity index (χ1) is 8.25. The highest BCUT2D eigenvalue weighted by atomic mass is 19.1. The van der Waals surface area contributed by atoms with Crippen LogP contribution in [-0.4, -0.2) is 29.6 Å². The Balaban J connectivity index is 1.91. The molecule has 1 aliphatic rings. The number of halogens is 1. The van der Waals surface area contributed by atoms with Crippen LogP contribution in [0.2, 0.25) is 0 Å². The summed E-state index contributed by atoms with van der Waals surface area (Å²) in [5.74, 6) is -0.254. The average molecular weight is 237 g/mol. The van der Waals surface area contributed by atoms with Crippen molar-refractivity contribution in [3.63, 3.8) is 0 Å². The second kappa shape index (κ2) is 6.12. The van der Waals surface area contributed by atoms with Gasteiger partial charge in [0.25, 0.3) is 0 Å². The molecule has 0 aromatic heterocycles. The van der Waals surface area contributed by atoms with Gasteiger partial charge in [-0.2, -0.15) is 0 Å². The summed E-state index contributed by atoms with van der Waals surface area (Å²) in [4.78, 5) is 2.31. The van der Waals surface area contributed by atoms with Crippen LogP contribution in [0.1, 0.15) is 37.4 Å². The first-order valence-corrected chi connectivity index (χ1v) is 6.41. The van der Waals surface area contributed by atoms with Crippen molar-refractivity contribution in [3.8, 4) is 0 Å². The average Bonchev–Trinajstić information content (AvgIpc) is 2.58. The fourth-order valence-electron chi connectivity index (χ4n) is 2.35. The molecule has 0 radical (unpaired) electrons. The van der Waals surface area contributed by atoms with E-state index in [1.54, 1.807) is 12.1 Å². The molecule has 1 atom stereocenters. The zero-order valence-corrected chi connectivity index (χ0v) is 10.1. The number of hydrogen-bond acceptors (Lipinski definition) is 2. The molecule has 1 saturated heterocycles. The Labute approximate surface area is 102 Å². The molecule has 0 bridgehead atoms. The lowest BCUT2D eigenvalue weighted by atomic mass is 10.1. The van der Waals surface area contributed by atoms with Gasteiger partial charge in [0, 0.05) is 6.54 Å². The molecule has 2 rings (SSSR count). The minimum absolute atomic E-state index is 0.254. The van der Waals surface area contributed by atoms with Crippen molar-refractivity contribution in [2.24, 2.45) is 0 Å². The summed E-state index contributed by atoms with van der Waals surface area (Å²) < 4.78 is 12.8. The summed E-state index contributed by atoms with van der Waals surface area (Å²) in [7, 11) is 0. The number of aliphatic hydroxyl groups is 1. The van der Waals surface area contributed by atoms with Gasteiger partial charge in [0.15, 0.2) is 0 Å². The third-order valence-electron chi connectivity index (χ3n) is 3.38. The number of likely N-dealkylation sites (tertiary alicyclic amines) is 1. The van der Waals surface area contributed by atoms with Gasteiger partial charge in [0.05, 0.1) is 6.10 Å². The molecule has 94 valence electrons. The molecule has 1 unspecified atom stereocenters. The van der Waals surface area contributed by atoms with E-state index in [4.69, 9.17) is 0 Å². The van der Waals surface area contributed by atoms with Gasteiger partial charge < -0.3 is 10.0 Å². The van der Waals surface area contributed by atoms with Gasteiger partial charge in [-0.25, -0.2) is 4.39 Å². The van der Waals surface area contributed by atoms with Gasteiger partial charge in [0.2, 0.25) is 0 Å². The Hall–Kier alpha value is -0.930. The molecule has 17 heavy (non-hydrogen) atoms. The molecule has 1 aromatic rings. The largest absolute Gasteiger partial charge is 0.387 e. The Kier molecular flexibility index (Phi) is 4.51. The predicted octanol–water partition coefficient (Wildman–Crippen LogP) is 2.74. The molecule has 1 heterocycles. The van der Waals surface area contributed by atoms with Crippen LogP contribution < -0.4 is 0 Å². The minimum atomic E-state index is -0.506. The molecule has 0 aliphatic carbocycles. The van der Waals surface area contributed by atoms with E-state index in [1.807, 2.05) is 0 Å². The topological polar surface area (TPSA) is 23.5 Å². The first-order valence-electron chi connectivity index (χ1n) is 6.41. The molecule has 1 aliphatic heterocycles. The number of hydrogen-bond donors (Lipinski definition) is 1. The number of aliphatic hydroxyl groups excluding tert-OH is 1. The molecule has 3 heteroatoms. The zero-order valence-electron chi connectivity index (χ0n) is 10.1. The number of β-amino-alcohol motifs (C(OH)–C–C–N with tert-alkyl or cyclic N) is 1. The van der Waals surface area contributed by atoms with E-state index >= 15 is 0 Å². The molecular formula is C14H20FNO. The van der Waals surface area contributed by atoms with Crippen molar-refractivity contribution < 1.29 is 9.50 Å². The maximum absolute atomic E-state index is 12.8. The second-order valence-electron chi connectivity index (χ2n) is 4.78. The summed E-state index contributed by atoms with van der Waals surface area (Å²) in [5, 5.41) is 10.1. The lowest BCUT2D eigenvalue weighted by Gasteiger charge is -2.23. The van der Waals surface area contributed by atoms with Gasteiger partial charge in [-0.1, -0.05) is 25.0 Å². The van der Waals surface area contributed by atoms with Crippen LogP contribution >= 0.6 is 0 Å². The van der Waals surface area contributed by atoms with Gasteiger partial charge in [-0.15, -0.1) is 0 Å². The number of nitrogens with zero attached hydrogens (tertiary/aromatic N) is 1. The zero-order chi connectivity index (χ0) is 12.1. The number of rotatable bonds is 3. The van der Waals surface area contributed by atoms with Crippen LogP contribution in [0.15, 0.2) is 24.3 Å². The highest BCUT2D eigenvalue weighted by Crippen LogP contribution is 2.17. The molecule has 1 aromatic carbocycles. The van der Waals surface area contributed by atoms with Gasteiger partial charge in [0.1, 0.15) is 5.82 Å². The van der Waals surface area contributed by atoms with E-state index in [2.05, 4.69) is 4.90 Å². The normalized spacial score (nSPS) is 19.9. The van der Waals surface area contributed by atoms with Crippen molar-refractivity contribution in [1.82, 2.24) is 4.90 Å².